The first-order valence-electron chi connectivity index (χ1n) is 9.43. The predicted octanol–water partition coefficient (Wildman–Crippen LogP) is 4.84. The first-order chi connectivity index (χ1) is 12.8. The van der Waals surface area contributed by atoms with E-state index in [4.69, 9.17) is 16.6 Å². The lowest BCUT2D eigenvalue weighted by atomic mass is 9.95. The third-order valence-electron chi connectivity index (χ3n) is 5.08. The molecule has 1 aliphatic rings. The van der Waals surface area contributed by atoms with Gasteiger partial charge in [-0.15, -0.1) is 0 Å². The number of halogens is 1. The van der Waals surface area contributed by atoms with E-state index in [9.17, 15) is 0 Å². The van der Waals surface area contributed by atoms with Gasteiger partial charge in [0.05, 0.1) is 5.52 Å². The van der Waals surface area contributed by atoms with Gasteiger partial charge < -0.3 is 0 Å². The van der Waals surface area contributed by atoms with Crippen molar-refractivity contribution in [2.45, 2.75) is 52.6 Å². The molecule has 0 saturated carbocycles. The highest BCUT2D eigenvalue weighted by Crippen LogP contribution is 2.26. The molecule has 2 aromatic heterocycles. The maximum Gasteiger partial charge on any atom is 0.134 e. The Labute approximate surface area is 165 Å². The summed E-state index contributed by atoms with van der Waals surface area (Å²) < 4.78 is 0. The van der Waals surface area contributed by atoms with Crippen LogP contribution in [0.1, 0.15) is 49.0 Å². The molecule has 0 amide bonds. The Morgan fingerprint density at radius 3 is 2.74 bits per heavy atom. The van der Waals surface area contributed by atoms with Gasteiger partial charge in [0.2, 0.25) is 0 Å². The van der Waals surface area contributed by atoms with Crippen molar-refractivity contribution in [2.75, 3.05) is 6.54 Å². The van der Waals surface area contributed by atoms with E-state index < -0.39 is 0 Å². The minimum Gasteiger partial charge on any atom is -0.294 e. The fourth-order valence-electron chi connectivity index (χ4n) is 3.52. The molecule has 0 unspecified atom stereocenters. The van der Waals surface area contributed by atoms with Gasteiger partial charge in [0.25, 0.3) is 0 Å². The zero-order valence-corrected chi connectivity index (χ0v) is 17.1. The zero-order chi connectivity index (χ0) is 19.2. The van der Waals surface area contributed by atoms with Crippen LogP contribution in [-0.2, 0) is 24.9 Å². The molecule has 5 heteroatoms. The van der Waals surface area contributed by atoms with E-state index in [1.54, 1.807) is 0 Å². The van der Waals surface area contributed by atoms with Crippen LogP contribution in [0.15, 0.2) is 30.5 Å². The number of rotatable bonds is 2. The highest BCUT2D eigenvalue weighted by molar-refractivity contribution is 6.30. The fraction of sp³-hybridized carbons (Fsp3) is 0.409. The van der Waals surface area contributed by atoms with E-state index in [2.05, 4.69) is 66.8 Å². The Hall–Kier alpha value is -2.04. The van der Waals surface area contributed by atoms with E-state index >= 15 is 0 Å². The second-order valence-electron chi connectivity index (χ2n) is 8.51. The summed E-state index contributed by atoms with van der Waals surface area (Å²) in [5, 5.41) is 1.73. The van der Waals surface area contributed by atoms with Crippen LogP contribution in [0.25, 0.3) is 10.9 Å². The lowest BCUT2D eigenvalue weighted by Crippen LogP contribution is -2.32. The molecule has 1 aromatic carbocycles. The molecule has 1 aliphatic heterocycles. The molecule has 3 aromatic rings. The summed E-state index contributed by atoms with van der Waals surface area (Å²) in [4.78, 5) is 16.4. The van der Waals surface area contributed by atoms with Gasteiger partial charge in [0.1, 0.15) is 11.0 Å². The SMILES string of the molecule is Cc1ccc2cc(CN3CCc4nc(C(C)(C)C)ncc4C3)c(Cl)nc2c1. The fourth-order valence-corrected chi connectivity index (χ4v) is 3.73. The van der Waals surface area contributed by atoms with Gasteiger partial charge in [0.15, 0.2) is 0 Å². The summed E-state index contributed by atoms with van der Waals surface area (Å²) in [6.07, 6.45) is 2.94. The van der Waals surface area contributed by atoms with Crippen LogP contribution in [0.4, 0.5) is 0 Å². The van der Waals surface area contributed by atoms with Crippen LogP contribution in [0.5, 0.6) is 0 Å². The number of hydrogen-bond acceptors (Lipinski definition) is 4. The molecule has 0 fully saturated rings. The van der Waals surface area contributed by atoms with Crippen molar-refractivity contribution in [1.82, 2.24) is 19.9 Å². The average molecular weight is 381 g/mol. The quantitative estimate of drug-likeness (QED) is 0.596. The molecule has 0 N–H and O–H groups in total. The first kappa shape index (κ1) is 18.3. The normalized spacial score (nSPS) is 15.1. The predicted molar refractivity (Wildman–Crippen MR) is 110 cm³/mol. The maximum absolute atomic E-state index is 6.48. The Balaban J connectivity index is 1.56. The van der Waals surface area contributed by atoms with Gasteiger partial charge in [-0.25, -0.2) is 15.0 Å². The molecule has 140 valence electrons. The molecule has 0 saturated heterocycles. The van der Waals surface area contributed by atoms with Crippen molar-refractivity contribution >= 4 is 22.5 Å². The highest BCUT2D eigenvalue weighted by atomic mass is 35.5. The van der Waals surface area contributed by atoms with Crippen molar-refractivity contribution < 1.29 is 0 Å². The Morgan fingerprint density at radius 2 is 1.96 bits per heavy atom. The molecule has 0 atom stereocenters. The standard InChI is InChI=1S/C22H25ClN4/c1-14-5-6-15-10-16(20(23)25-19(15)9-14)12-27-8-7-18-17(13-27)11-24-21(26-18)22(2,3)4/h5-6,9-11H,7-8,12-13H2,1-4H3. The molecule has 27 heavy (non-hydrogen) atoms. The van der Waals surface area contributed by atoms with Crippen LogP contribution in [0, 0.1) is 6.92 Å². The van der Waals surface area contributed by atoms with Gasteiger partial charge in [-0.2, -0.15) is 0 Å². The summed E-state index contributed by atoms with van der Waals surface area (Å²) in [7, 11) is 0. The van der Waals surface area contributed by atoms with E-state index in [0.29, 0.717) is 5.15 Å². The first-order valence-corrected chi connectivity index (χ1v) is 9.81. The monoisotopic (exact) mass is 380 g/mol. The van der Waals surface area contributed by atoms with Crippen LogP contribution < -0.4 is 0 Å². The molecular weight excluding hydrogens is 356 g/mol. The van der Waals surface area contributed by atoms with Gasteiger partial charge in [-0.1, -0.05) is 44.5 Å². The van der Waals surface area contributed by atoms with E-state index in [-0.39, 0.29) is 5.41 Å². The molecular formula is C22H25ClN4. The number of hydrogen-bond donors (Lipinski definition) is 0. The minimum atomic E-state index is -0.0190. The van der Waals surface area contributed by atoms with E-state index in [0.717, 1.165) is 48.3 Å². The Morgan fingerprint density at radius 1 is 1.15 bits per heavy atom. The lowest BCUT2D eigenvalue weighted by Gasteiger charge is -2.29. The van der Waals surface area contributed by atoms with Crippen LogP contribution >= 0.6 is 11.6 Å². The second kappa shape index (κ2) is 6.84. The van der Waals surface area contributed by atoms with Gasteiger partial charge >= 0.3 is 0 Å². The third-order valence-corrected chi connectivity index (χ3v) is 5.40. The molecule has 0 aliphatic carbocycles. The van der Waals surface area contributed by atoms with Crippen LogP contribution in [-0.4, -0.2) is 26.4 Å². The van der Waals surface area contributed by atoms with E-state index in [1.807, 2.05) is 6.20 Å². The number of fused-ring (bicyclic) bond motifs is 2. The maximum atomic E-state index is 6.48. The van der Waals surface area contributed by atoms with Gasteiger partial charge in [0, 0.05) is 59.9 Å². The van der Waals surface area contributed by atoms with Crippen molar-refractivity contribution in [3.8, 4) is 0 Å². The Bertz CT molecular complexity index is 1010. The number of pyridine rings is 1. The lowest BCUT2D eigenvalue weighted by molar-refractivity contribution is 0.242. The smallest absolute Gasteiger partial charge is 0.134 e. The third kappa shape index (κ3) is 3.83. The van der Waals surface area contributed by atoms with Crippen molar-refractivity contribution in [2.24, 2.45) is 0 Å². The molecule has 3 heterocycles. The molecule has 0 bridgehead atoms. The number of aryl methyl sites for hydroxylation is 1. The molecule has 0 spiro atoms. The highest BCUT2D eigenvalue weighted by Gasteiger charge is 2.23. The largest absolute Gasteiger partial charge is 0.294 e. The topological polar surface area (TPSA) is 41.9 Å². The van der Waals surface area contributed by atoms with Crippen molar-refractivity contribution in [1.29, 1.82) is 0 Å². The summed E-state index contributed by atoms with van der Waals surface area (Å²) in [5.41, 5.74) is 5.61. The zero-order valence-electron chi connectivity index (χ0n) is 16.4. The summed E-state index contributed by atoms with van der Waals surface area (Å²) in [5.74, 6) is 0.923. The number of benzene rings is 1. The summed E-state index contributed by atoms with van der Waals surface area (Å²) in [6.45, 7) is 11.1. The van der Waals surface area contributed by atoms with Gasteiger partial charge in [-0.3, -0.25) is 4.90 Å². The summed E-state index contributed by atoms with van der Waals surface area (Å²) in [6, 6.07) is 8.47. The van der Waals surface area contributed by atoms with Crippen molar-refractivity contribution in [3.05, 3.63) is 63.8 Å². The summed E-state index contributed by atoms with van der Waals surface area (Å²) >= 11 is 6.48. The molecule has 0 radical (unpaired) electrons. The number of aromatic nitrogens is 3. The van der Waals surface area contributed by atoms with E-state index in [1.165, 1.54) is 16.8 Å². The molecule has 4 rings (SSSR count). The van der Waals surface area contributed by atoms with Crippen LogP contribution in [0.3, 0.4) is 0 Å². The van der Waals surface area contributed by atoms with Crippen LogP contribution in [0.2, 0.25) is 5.15 Å². The average Bonchev–Trinajstić information content (AvgIpc) is 2.61. The number of nitrogens with zero attached hydrogens (tertiary/aromatic N) is 4. The Kier molecular flexibility index (Phi) is 4.65. The van der Waals surface area contributed by atoms with Crippen molar-refractivity contribution in [3.63, 3.8) is 0 Å². The minimum absolute atomic E-state index is 0.0190. The second-order valence-corrected chi connectivity index (χ2v) is 8.87. The molecule has 4 nitrogen and oxygen atoms in total. The van der Waals surface area contributed by atoms with Gasteiger partial charge in [-0.05, 0) is 24.6 Å².